The van der Waals surface area contributed by atoms with Crippen LogP contribution in [0.15, 0.2) is 28.8 Å². The maximum absolute atomic E-state index is 12.3. The first-order valence-corrected chi connectivity index (χ1v) is 9.64. The van der Waals surface area contributed by atoms with Crippen molar-refractivity contribution in [1.82, 2.24) is 19.9 Å². The number of carbonyl (C=O) groups excluding carboxylic acids is 2. The summed E-state index contributed by atoms with van der Waals surface area (Å²) in [5.41, 5.74) is 0.596. The summed E-state index contributed by atoms with van der Waals surface area (Å²) in [4.78, 5) is 32.5. The van der Waals surface area contributed by atoms with Crippen molar-refractivity contribution in [2.24, 2.45) is 5.92 Å². The summed E-state index contributed by atoms with van der Waals surface area (Å²) in [7, 11) is 5.13. The molecule has 0 unspecified atom stereocenters. The molecule has 0 aliphatic carbocycles. The van der Waals surface area contributed by atoms with E-state index >= 15 is 0 Å². The number of hydrogen-bond acceptors (Lipinski definition) is 7. The minimum atomic E-state index is -0.245. The standard InChI is InChI=1S/C20H27N5O4/c1-24(2)20(27)14-8-10-25(11-9-14)13-19-22-17(23-29-19)12-18(26)21-15-6-4-5-7-16(15)28-3/h4-7,14H,8-13H2,1-3H3,(H,21,26). The van der Waals surface area contributed by atoms with Crippen molar-refractivity contribution in [2.75, 3.05) is 39.6 Å². The Morgan fingerprint density at radius 1 is 1.28 bits per heavy atom. The Balaban J connectivity index is 1.48. The van der Waals surface area contributed by atoms with Gasteiger partial charge in [0.15, 0.2) is 5.82 Å². The fourth-order valence-corrected chi connectivity index (χ4v) is 3.41. The molecule has 2 heterocycles. The highest BCUT2D eigenvalue weighted by atomic mass is 16.5. The summed E-state index contributed by atoms with van der Waals surface area (Å²) in [6, 6.07) is 7.19. The number of hydrogen-bond donors (Lipinski definition) is 1. The normalized spacial score (nSPS) is 15.1. The molecule has 1 N–H and O–H groups in total. The van der Waals surface area contributed by atoms with Gasteiger partial charge in [-0.15, -0.1) is 0 Å². The number of nitrogens with one attached hydrogen (secondary N) is 1. The van der Waals surface area contributed by atoms with Crippen LogP contribution < -0.4 is 10.1 Å². The molecular weight excluding hydrogens is 374 g/mol. The van der Waals surface area contributed by atoms with Crippen molar-refractivity contribution < 1.29 is 18.8 Å². The van der Waals surface area contributed by atoms with E-state index in [2.05, 4.69) is 20.4 Å². The lowest BCUT2D eigenvalue weighted by Crippen LogP contribution is -2.39. The maximum atomic E-state index is 12.3. The number of methoxy groups -OCH3 is 1. The second-order valence-electron chi connectivity index (χ2n) is 7.31. The number of rotatable bonds is 7. The van der Waals surface area contributed by atoms with Gasteiger partial charge in [0, 0.05) is 20.0 Å². The first-order valence-electron chi connectivity index (χ1n) is 9.64. The zero-order valence-corrected chi connectivity index (χ0v) is 17.1. The zero-order valence-electron chi connectivity index (χ0n) is 17.1. The van der Waals surface area contributed by atoms with Gasteiger partial charge in [0.25, 0.3) is 0 Å². The van der Waals surface area contributed by atoms with E-state index in [1.54, 1.807) is 38.2 Å². The summed E-state index contributed by atoms with van der Waals surface area (Å²) in [5, 5.41) is 6.70. The van der Waals surface area contributed by atoms with E-state index in [0.29, 0.717) is 29.7 Å². The number of ether oxygens (including phenoxy) is 1. The highest BCUT2D eigenvalue weighted by molar-refractivity contribution is 5.93. The number of nitrogens with zero attached hydrogens (tertiary/aromatic N) is 4. The second-order valence-corrected chi connectivity index (χ2v) is 7.31. The highest BCUT2D eigenvalue weighted by Gasteiger charge is 2.27. The van der Waals surface area contributed by atoms with Crippen LogP contribution in [0.5, 0.6) is 5.75 Å². The van der Waals surface area contributed by atoms with Crippen molar-refractivity contribution in [1.29, 1.82) is 0 Å². The van der Waals surface area contributed by atoms with Crippen molar-refractivity contribution in [3.63, 3.8) is 0 Å². The Labute approximate surface area is 170 Å². The van der Waals surface area contributed by atoms with Gasteiger partial charge >= 0.3 is 0 Å². The molecule has 0 saturated carbocycles. The van der Waals surface area contributed by atoms with Crippen LogP contribution >= 0.6 is 0 Å². The van der Waals surface area contributed by atoms with E-state index in [1.807, 2.05) is 12.1 Å². The fourth-order valence-electron chi connectivity index (χ4n) is 3.41. The van der Waals surface area contributed by atoms with Gasteiger partial charge in [-0.05, 0) is 38.1 Å². The number of amides is 2. The third-order valence-corrected chi connectivity index (χ3v) is 4.95. The molecule has 1 fully saturated rings. The Hall–Kier alpha value is -2.94. The Morgan fingerprint density at radius 2 is 2.00 bits per heavy atom. The predicted octanol–water partition coefficient (Wildman–Crippen LogP) is 1.56. The molecule has 1 aromatic heterocycles. The van der Waals surface area contributed by atoms with Crippen molar-refractivity contribution in [3.05, 3.63) is 36.0 Å². The maximum Gasteiger partial charge on any atom is 0.240 e. The first kappa shape index (κ1) is 20.8. The SMILES string of the molecule is COc1ccccc1NC(=O)Cc1noc(CN2CCC(C(=O)N(C)C)CC2)n1. The summed E-state index contributed by atoms with van der Waals surface area (Å²) >= 11 is 0. The predicted molar refractivity (Wildman–Crippen MR) is 106 cm³/mol. The minimum absolute atomic E-state index is 0.0148. The van der Waals surface area contributed by atoms with E-state index in [1.165, 1.54) is 0 Å². The second kappa shape index (κ2) is 9.51. The Morgan fingerprint density at radius 3 is 2.69 bits per heavy atom. The van der Waals surface area contributed by atoms with Crippen LogP contribution in [0.25, 0.3) is 0 Å². The lowest BCUT2D eigenvalue weighted by molar-refractivity contribution is -0.134. The van der Waals surface area contributed by atoms with Gasteiger partial charge in [-0.2, -0.15) is 4.98 Å². The van der Waals surface area contributed by atoms with Crippen LogP contribution in [0.2, 0.25) is 0 Å². The quantitative estimate of drug-likeness (QED) is 0.751. The molecule has 2 aromatic rings. The molecule has 2 amide bonds. The minimum Gasteiger partial charge on any atom is -0.495 e. The van der Waals surface area contributed by atoms with Crippen molar-refractivity contribution in [3.8, 4) is 5.75 Å². The Bertz CT molecular complexity index is 843. The molecule has 1 saturated heterocycles. The lowest BCUT2D eigenvalue weighted by atomic mass is 9.95. The summed E-state index contributed by atoms with van der Waals surface area (Å²) in [6.07, 6.45) is 1.65. The van der Waals surface area contributed by atoms with Crippen LogP contribution in [-0.2, 0) is 22.6 Å². The topological polar surface area (TPSA) is 101 Å². The van der Waals surface area contributed by atoms with Crippen molar-refractivity contribution in [2.45, 2.75) is 25.8 Å². The van der Waals surface area contributed by atoms with E-state index in [-0.39, 0.29) is 24.2 Å². The zero-order chi connectivity index (χ0) is 20.8. The lowest BCUT2D eigenvalue weighted by Gasteiger charge is -2.31. The third-order valence-electron chi connectivity index (χ3n) is 4.95. The Kier molecular flexibility index (Phi) is 6.82. The largest absolute Gasteiger partial charge is 0.495 e. The van der Waals surface area contributed by atoms with Gasteiger partial charge in [-0.25, -0.2) is 0 Å². The van der Waals surface area contributed by atoms with E-state index in [9.17, 15) is 9.59 Å². The van der Waals surface area contributed by atoms with Crippen LogP contribution in [0.3, 0.4) is 0 Å². The van der Waals surface area contributed by atoms with E-state index in [4.69, 9.17) is 9.26 Å². The first-order chi connectivity index (χ1) is 14.0. The number of likely N-dealkylation sites (tertiary alicyclic amines) is 1. The third kappa shape index (κ3) is 5.54. The number of carbonyl (C=O) groups is 2. The van der Waals surface area contributed by atoms with Gasteiger partial charge in [-0.3, -0.25) is 14.5 Å². The molecule has 0 atom stereocenters. The summed E-state index contributed by atoms with van der Waals surface area (Å²) in [5.74, 6) is 1.42. The molecule has 0 spiro atoms. The van der Waals surface area contributed by atoms with E-state index in [0.717, 1.165) is 25.9 Å². The van der Waals surface area contributed by atoms with Gasteiger partial charge in [-0.1, -0.05) is 17.3 Å². The van der Waals surface area contributed by atoms with Gasteiger partial charge < -0.3 is 19.5 Å². The molecule has 9 heteroatoms. The molecular formula is C20H27N5O4. The van der Waals surface area contributed by atoms with Gasteiger partial charge in [0.05, 0.1) is 25.8 Å². The molecule has 9 nitrogen and oxygen atoms in total. The number of benzene rings is 1. The number of para-hydroxylation sites is 2. The molecule has 0 radical (unpaired) electrons. The monoisotopic (exact) mass is 401 g/mol. The molecule has 1 aliphatic rings. The highest BCUT2D eigenvalue weighted by Crippen LogP contribution is 2.23. The fraction of sp³-hybridized carbons (Fsp3) is 0.500. The molecule has 156 valence electrons. The van der Waals surface area contributed by atoms with Crippen molar-refractivity contribution >= 4 is 17.5 Å². The van der Waals surface area contributed by atoms with Gasteiger partial charge in [0.1, 0.15) is 5.75 Å². The van der Waals surface area contributed by atoms with Gasteiger partial charge in [0.2, 0.25) is 17.7 Å². The van der Waals surface area contributed by atoms with Crippen LogP contribution in [0, 0.1) is 5.92 Å². The number of piperidine rings is 1. The van der Waals surface area contributed by atoms with Crippen LogP contribution in [0.4, 0.5) is 5.69 Å². The average molecular weight is 401 g/mol. The molecule has 1 aromatic carbocycles. The smallest absolute Gasteiger partial charge is 0.240 e. The van der Waals surface area contributed by atoms with E-state index < -0.39 is 0 Å². The van der Waals surface area contributed by atoms with Crippen LogP contribution in [0.1, 0.15) is 24.6 Å². The molecule has 3 rings (SSSR count). The molecule has 1 aliphatic heterocycles. The number of aromatic nitrogens is 2. The average Bonchev–Trinajstić information content (AvgIpc) is 3.14. The number of anilines is 1. The summed E-state index contributed by atoms with van der Waals surface area (Å²) in [6.45, 7) is 2.12. The van der Waals surface area contributed by atoms with Crippen LogP contribution in [-0.4, -0.2) is 66.0 Å². The molecule has 29 heavy (non-hydrogen) atoms. The molecule has 0 bridgehead atoms. The summed E-state index contributed by atoms with van der Waals surface area (Å²) < 4.78 is 10.5.